The van der Waals surface area contributed by atoms with Crippen LogP contribution in [0, 0.1) is 5.92 Å². The maximum absolute atomic E-state index is 11.2. The van der Waals surface area contributed by atoms with E-state index in [0.717, 1.165) is 44.1 Å². The zero-order valence-corrected chi connectivity index (χ0v) is 12.9. The SMILES string of the molecule is O=C(O)C1CCCN(c2ccc(N3CCCCCC3)nn2)C1. The topological polar surface area (TPSA) is 69.6 Å². The third-order valence-corrected chi connectivity index (χ3v) is 4.66. The average molecular weight is 304 g/mol. The second-order valence-corrected chi connectivity index (χ2v) is 6.27. The molecule has 120 valence electrons. The van der Waals surface area contributed by atoms with Gasteiger partial charge in [-0.1, -0.05) is 12.8 Å². The molecule has 0 aromatic carbocycles. The molecule has 3 heterocycles. The molecular formula is C16H24N4O2. The van der Waals surface area contributed by atoms with Gasteiger partial charge in [0.15, 0.2) is 11.6 Å². The zero-order chi connectivity index (χ0) is 15.4. The smallest absolute Gasteiger partial charge is 0.308 e. The van der Waals surface area contributed by atoms with Crippen LogP contribution in [0.25, 0.3) is 0 Å². The van der Waals surface area contributed by atoms with Gasteiger partial charge in [-0.3, -0.25) is 4.79 Å². The molecule has 1 atom stereocenters. The van der Waals surface area contributed by atoms with Crippen molar-refractivity contribution in [3.8, 4) is 0 Å². The molecule has 6 nitrogen and oxygen atoms in total. The van der Waals surface area contributed by atoms with E-state index in [2.05, 4.69) is 15.1 Å². The number of hydrogen-bond donors (Lipinski definition) is 1. The predicted octanol–water partition coefficient (Wildman–Crippen LogP) is 2.16. The van der Waals surface area contributed by atoms with Gasteiger partial charge in [-0.15, -0.1) is 10.2 Å². The van der Waals surface area contributed by atoms with Crippen LogP contribution in [0.15, 0.2) is 12.1 Å². The van der Waals surface area contributed by atoms with Crippen LogP contribution < -0.4 is 9.80 Å². The second-order valence-electron chi connectivity index (χ2n) is 6.27. The first-order valence-electron chi connectivity index (χ1n) is 8.30. The third-order valence-electron chi connectivity index (χ3n) is 4.66. The van der Waals surface area contributed by atoms with Crippen molar-refractivity contribution >= 4 is 17.6 Å². The summed E-state index contributed by atoms with van der Waals surface area (Å²) >= 11 is 0. The van der Waals surface area contributed by atoms with Crippen molar-refractivity contribution in [3.63, 3.8) is 0 Å². The van der Waals surface area contributed by atoms with Crippen molar-refractivity contribution in [1.82, 2.24) is 10.2 Å². The molecular weight excluding hydrogens is 280 g/mol. The fourth-order valence-electron chi connectivity index (χ4n) is 3.34. The number of hydrogen-bond acceptors (Lipinski definition) is 5. The minimum atomic E-state index is -0.709. The van der Waals surface area contributed by atoms with Crippen molar-refractivity contribution in [2.24, 2.45) is 5.92 Å². The lowest BCUT2D eigenvalue weighted by Crippen LogP contribution is -2.39. The Morgan fingerprint density at radius 2 is 1.55 bits per heavy atom. The number of anilines is 2. The van der Waals surface area contributed by atoms with Crippen LogP contribution in [0.5, 0.6) is 0 Å². The first kappa shape index (κ1) is 15.1. The summed E-state index contributed by atoms with van der Waals surface area (Å²) in [7, 11) is 0. The molecule has 0 aliphatic carbocycles. The Balaban J connectivity index is 1.66. The molecule has 0 bridgehead atoms. The summed E-state index contributed by atoms with van der Waals surface area (Å²) in [5.74, 6) is 0.738. The van der Waals surface area contributed by atoms with Gasteiger partial charge >= 0.3 is 5.97 Å². The van der Waals surface area contributed by atoms with E-state index in [1.54, 1.807) is 0 Å². The lowest BCUT2D eigenvalue weighted by molar-refractivity contribution is -0.141. The number of aliphatic carboxylic acids is 1. The van der Waals surface area contributed by atoms with Crippen molar-refractivity contribution in [2.75, 3.05) is 36.0 Å². The summed E-state index contributed by atoms with van der Waals surface area (Å²) in [6.45, 7) is 3.51. The van der Waals surface area contributed by atoms with E-state index in [9.17, 15) is 9.90 Å². The number of carboxylic acid groups (broad SMARTS) is 1. The molecule has 1 aromatic rings. The fraction of sp³-hybridized carbons (Fsp3) is 0.688. The zero-order valence-electron chi connectivity index (χ0n) is 12.9. The minimum Gasteiger partial charge on any atom is -0.481 e. The lowest BCUT2D eigenvalue weighted by atomic mass is 9.98. The number of carbonyl (C=O) groups is 1. The summed E-state index contributed by atoms with van der Waals surface area (Å²) < 4.78 is 0. The third kappa shape index (κ3) is 3.48. The van der Waals surface area contributed by atoms with E-state index in [0.29, 0.717) is 6.54 Å². The number of rotatable bonds is 3. The van der Waals surface area contributed by atoms with Crippen LogP contribution in [0.3, 0.4) is 0 Å². The Morgan fingerprint density at radius 1 is 0.955 bits per heavy atom. The standard InChI is InChI=1S/C16H24N4O2/c21-16(22)13-6-5-11-20(12-13)15-8-7-14(17-18-15)19-9-3-1-2-4-10-19/h7-8,13H,1-6,9-12H2,(H,21,22). The molecule has 2 saturated heterocycles. The summed E-state index contributed by atoms with van der Waals surface area (Å²) in [4.78, 5) is 15.5. The molecule has 1 N–H and O–H groups in total. The molecule has 1 unspecified atom stereocenters. The minimum absolute atomic E-state index is 0.291. The van der Waals surface area contributed by atoms with Gasteiger partial charge < -0.3 is 14.9 Å². The van der Waals surface area contributed by atoms with E-state index < -0.39 is 5.97 Å². The van der Waals surface area contributed by atoms with Crippen molar-refractivity contribution < 1.29 is 9.90 Å². The van der Waals surface area contributed by atoms with Crippen LogP contribution >= 0.6 is 0 Å². The van der Waals surface area contributed by atoms with Gasteiger partial charge in [0.2, 0.25) is 0 Å². The molecule has 2 aliphatic heterocycles. The number of piperidine rings is 1. The van der Waals surface area contributed by atoms with E-state index >= 15 is 0 Å². The van der Waals surface area contributed by atoms with Crippen LogP contribution in [-0.2, 0) is 4.79 Å². The quantitative estimate of drug-likeness (QED) is 0.923. The highest BCUT2D eigenvalue weighted by Crippen LogP contribution is 2.23. The second kappa shape index (κ2) is 6.94. The van der Waals surface area contributed by atoms with Crippen LogP contribution in [0.2, 0.25) is 0 Å². The Bertz CT molecular complexity index is 497. The summed E-state index contributed by atoms with van der Waals surface area (Å²) in [6.07, 6.45) is 6.68. The molecule has 2 aliphatic rings. The highest BCUT2D eigenvalue weighted by molar-refractivity contribution is 5.71. The molecule has 6 heteroatoms. The number of carboxylic acids is 1. The van der Waals surface area contributed by atoms with Gasteiger partial charge in [-0.05, 0) is 37.8 Å². The van der Waals surface area contributed by atoms with E-state index in [-0.39, 0.29) is 5.92 Å². The Morgan fingerprint density at radius 3 is 2.14 bits per heavy atom. The number of aromatic nitrogens is 2. The molecule has 3 rings (SSSR count). The summed E-state index contributed by atoms with van der Waals surface area (Å²) in [5, 5.41) is 17.9. The predicted molar refractivity (Wildman–Crippen MR) is 85.3 cm³/mol. The summed E-state index contributed by atoms with van der Waals surface area (Å²) in [6, 6.07) is 4.01. The van der Waals surface area contributed by atoms with Crippen LogP contribution in [0.4, 0.5) is 11.6 Å². The highest BCUT2D eigenvalue weighted by atomic mass is 16.4. The van der Waals surface area contributed by atoms with Gasteiger partial charge in [0.05, 0.1) is 5.92 Å². The molecule has 1 aromatic heterocycles. The van der Waals surface area contributed by atoms with Gasteiger partial charge in [0, 0.05) is 26.2 Å². The first-order valence-corrected chi connectivity index (χ1v) is 8.30. The molecule has 2 fully saturated rings. The Kier molecular flexibility index (Phi) is 4.75. The van der Waals surface area contributed by atoms with Crippen LogP contribution in [-0.4, -0.2) is 47.5 Å². The normalized spacial score (nSPS) is 23.2. The maximum atomic E-state index is 11.2. The Labute approximate surface area is 131 Å². The molecule has 0 radical (unpaired) electrons. The monoisotopic (exact) mass is 304 g/mol. The Hall–Kier alpha value is -1.85. The summed E-state index contributed by atoms with van der Waals surface area (Å²) in [5.41, 5.74) is 0. The van der Waals surface area contributed by atoms with E-state index in [4.69, 9.17) is 0 Å². The molecule has 0 saturated carbocycles. The number of nitrogens with zero attached hydrogens (tertiary/aromatic N) is 4. The maximum Gasteiger partial charge on any atom is 0.308 e. The van der Waals surface area contributed by atoms with Crippen molar-refractivity contribution in [3.05, 3.63) is 12.1 Å². The lowest BCUT2D eigenvalue weighted by Gasteiger charge is -2.31. The molecule has 0 amide bonds. The van der Waals surface area contributed by atoms with Crippen molar-refractivity contribution in [2.45, 2.75) is 38.5 Å². The first-order chi connectivity index (χ1) is 10.7. The largest absolute Gasteiger partial charge is 0.481 e. The van der Waals surface area contributed by atoms with Crippen molar-refractivity contribution in [1.29, 1.82) is 0 Å². The highest BCUT2D eigenvalue weighted by Gasteiger charge is 2.26. The van der Waals surface area contributed by atoms with Gasteiger partial charge in [-0.2, -0.15) is 0 Å². The van der Waals surface area contributed by atoms with Crippen LogP contribution in [0.1, 0.15) is 38.5 Å². The van der Waals surface area contributed by atoms with E-state index in [1.165, 1.54) is 25.7 Å². The van der Waals surface area contributed by atoms with E-state index in [1.807, 2.05) is 17.0 Å². The molecule has 0 spiro atoms. The molecule has 22 heavy (non-hydrogen) atoms. The van der Waals surface area contributed by atoms with Gasteiger partial charge in [0.1, 0.15) is 0 Å². The average Bonchev–Trinajstić information content (AvgIpc) is 2.84. The van der Waals surface area contributed by atoms with Gasteiger partial charge in [0.25, 0.3) is 0 Å². The fourth-order valence-corrected chi connectivity index (χ4v) is 3.34. The van der Waals surface area contributed by atoms with Gasteiger partial charge in [-0.25, -0.2) is 0 Å².